The number of aromatic nitrogens is 3. The van der Waals surface area contributed by atoms with Crippen LogP contribution in [0.2, 0.25) is 0 Å². The highest BCUT2D eigenvalue weighted by molar-refractivity contribution is 6.07. The lowest BCUT2D eigenvalue weighted by atomic mass is 10.1. The minimum Gasteiger partial charge on any atom is -0.493 e. The Morgan fingerprint density at radius 1 is 1.25 bits per heavy atom. The highest BCUT2D eigenvalue weighted by Crippen LogP contribution is 2.29. The fraction of sp³-hybridized carbons (Fsp3) is 0.273. The molecule has 3 aromatic rings. The van der Waals surface area contributed by atoms with Crippen molar-refractivity contribution in [1.82, 2.24) is 15.0 Å². The normalized spacial score (nSPS) is 15.9. The van der Waals surface area contributed by atoms with Crippen molar-refractivity contribution in [2.45, 2.75) is 18.9 Å². The van der Waals surface area contributed by atoms with Crippen LogP contribution in [0.1, 0.15) is 23.3 Å². The molecule has 1 amide bonds. The molecule has 0 radical (unpaired) electrons. The number of methoxy groups -OCH3 is 1. The van der Waals surface area contributed by atoms with Gasteiger partial charge in [0.2, 0.25) is 0 Å². The SMILES string of the molecule is COc1cc(-c2ccc(N)c(C(=O)Nc3cnccc3N3CCC[C@H](N)C3)n2)cnc1N. The molecule has 0 aromatic carbocycles. The van der Waals surface area contributed by atoms with Crippen molar-refractivity contribution < 1.29 is 9.53 Å². The van der Waals surface area contributed by atoms with E-state index in [-0.39, 0.29) is 23.2 Å². The van der Waals surface area contributed by atoms with E-state index >= 15 is 0 Å². The van der Waals surface area contributed by atoms with Crippen LogP contribution in [-0.2, 0) is 0 Å². The topological polar surface area (TPSA) is 158 Å². The molecular formula is C22H26N8O2. The van der Waals surface area contributed by atoms with Gasteiger partial charge in [-0.05, 0) is 37.1 Å². The molecule has 0 saturated carbocycles. The van der Waals surface area contributed by atoms with Gasteiger partial charge in [0.25, 0.3) is 5.91 Å². The van der Waals surface area contributed by atoms with Crippen molar-refractivity contribution in [3.63, 3.8) is 0 Å². The summed E-state index contributed by atoms with van der Waals surface area (Å²) in [5.74, 6) is 0.258. The van der Waals surface area contributed by atoms with E-state index in [1.807, 2.05) is 6.07 Å². The smallest absolute Gasteiger partial charge is 0.276 e. The molecule has 0 spiro atoms. The van der Waals surface area contributed by atoms with Crippen molar-refractivity contribution in [2.75, 3.05) is 41.9 Å². The molecule has 1 saturated heterocycles. The molecule has 0 aliphatic carbocycles. The number of nitrogens with two attached hydrogens (primary N) is 3. The first-order chi connectivity index (χ1) is 15.5. The van der Waals surface area contributed by atoms with E-state index in [0.29, 0.717) is 29.2 Å². The summed E-state index contributed by atoms with van der Waals surface area (Å²) in [6.45, 7) is 1.58. The maximum absolute atomic E-state index is 13.1. The number of carbonyl (C=O) groups is 1. The molecule has 10 nitrogen and oxygen atoms in total. The van der Waals surface area contributed by atoms with Crippen LogP contribution >= 0.6 is 0 Å². The van der Waals surface area contributed by atoms with Gasteiger partial charge >= 0.3 is 0 Å². The van der Waals surface area contributed by atoms with Gasteiger partial charge < -0.3 is 32.2 Å². The number of carbonyl (C=O) groups excluding carboxylic acids is 1. The summed E-state index contributed by atoms with van der Waals surface area (Å²) < 4.78 is 5.23. The zero-order valence-corrected chi connectivity index (χ0v) is 17.8. The van der Waals surface area contributed by atoms with Gasteiger partial charge in [-0.15, -0.1) is 0 Å². The van der Waals surface area contributed by atoms with Crippen LogP contribution in [0.4, 0.5) is 22.9 Å². The van der Waals surface area contributed by atoms with Gasteiger partial charge in [0.05, 0.1) is 36.1 Å². The van der Waals surface area contributed by atoms with E-state index in [0.717, 1.165) is 25.1 Å². The van der Waals surface area contributed by atoms with Crippen LogP contribution in [0.5, 0.6) is 5.75 Å². The highest BCUT2D eigenvalue weighted by atomic mass is 16.5. The first kappa shape index (κ1) is 21.3. The summed E-state index contributed by atoms with van der Waals surface area (Å²) in [7, 11) is 1.51. The van der Waals surface area contributed by atoms with Gasteiger partial charge in [0.15, 0.2) is 17.3 Å². The lowest BCUT2D eigenvalue weighted by Gasteiger charge is -2.33. The van der Waals surface area contributed by atoms with Crippen LogP contribution in [0.25, 0.3) is 11.3 Å². The fourth-order valence-electron chi connectivity index (χ4n) is 3.74. The molecule has 1 aliphatic heterocycles. The Labute approximate surface area is 185 Å². The second-order valence-corrected chi connectivity index (χ2v) is 7.64. The number of nitrogens with one attached hydrogen (secondary N) is 1. The van der Waals surface area contributed by atoms with Crippen molar-refractivity contribution in [3.8, 4) is 17.0 Å². The molecule has 1 atom stereocenters. The molecule has 1 aliphatic rings. The zero-order valence-electron chi connectivity index (χ0n) is 17.8. The predicted molar refractivity (Wildman–Crippen MR) is 124 cm³/mol. The summed E-state index contributed by atoms with van der Waals surface area (Å²) in [6, 6.07) is 7.02. The van der Waals surface area contributed by atoms with Gasteiger partial charge in [-0.3, -0.25) is 9.78 Å². The molecule has 166 valence electrons. The third-order valence-electron chi connectivity index (χ3n) is 5.38. The number of amides is 1. The first-order valence-corrected chi connectivity index (χ1v) is 10.3. The van der Waals surface area contributed by atoms with Crippen molar-refractivity contribution in [3.05, 3.63) is 48.5 Å². The Hall–Kier alpha value is -3.92. The maximum atomic E-state index is 13.1. The number of hydrogen-bond acceptors (Lipinski definition) is 9. The van der Waals surface area contributed by atoms with Gasteiger partial charge in [0.1, 0.15) is 0 Å². The number of ether oxygens (including phenoxy) is 1. The van der Waals surface area contributed by atoms with E-state index in [1.54, 1.807) is 36.8 Å². The summed E-state index contributed by atoms with van der Waals surface area (Å²) in [6.07, 6.45) is 6.85. The number of nitrogen functional groups attached to an aromatic ring is 2. The Morgan fingerprint density at radius 2 is 2.09 bits per heavy atom. The van der Waals surface area contributed by atoms with E-state index in [1.165, 1.54) is 7.11 Å². The molecule has 4 heterocycles. The van der Waals surface area contributed by atoms with Crippen LogP contribution in [0.15, 0.2) is 42.9 Å². The van der Waals surface area contributed by atoms with Crippen molar-refractivity contribution in [1.29, 1.82) is 0 Å². The number of pyridine rings is 3. The Morgan fingerprint density at radius 3 is 2.88 bits per heavy atom. The number of anilines is 4. The number of rotatable bonds is 5. The standard InChI is InChI=1S/C22H26N8O2/c1-32-19-9-13(10-27-21(19)25)16-5-4-15(24)20(28-16)22(31)29-17-11-26-7-6-18(17)30-8-2-3-14(23)12-30/h4-7,9-11,14H,2-3,8,12,23-24H2,1H3,(H2,25,27)(H,29,31)/t14-/m0/s1. The molecule has 0 unspecified atom stereocenters. The quantitative estimate of drug-likeness (QED) is 0.470. The van der Waals surface area contributed by atoms with E-state index < -0.39 is 5.91 Å². The predicted octanol–water partition coefficient (Wildman–Crippen LogP) is 1.89. The zero-order chi connectivity index (χ0) is 22.7. The third-order valence-corrected chi connectivity index (χ3v) is 5.38. The lowest BCUT2D eigenvalue weighted by Crippen LogP contribution is -2.43. The van der Waals surface area contributed by atoms with E-state index in [4.69, 9.17) is 21.9 Å². The van der Waals surface area contributed by atoms with Crippen LogP contribution < -0.4 is 32.2 Å². The van der Waals surface area contributed by atoms with Gasteiger partial charge in [-0.1, -0.05) is 0 Å². The number of piperidine rings is 1. The minimum absolute atomic E-state index is 0.0972. The summed E-state index contributed by atoms with van der Waals surface area (Å²) >= 11 is 0. The third kappa shape index (κ3) is 4.40. The van der Waals surface area contributed by atoms with E-state index in [2.05, 4.69) is 25.2 Å². The second kappa shape index (κ2) is 9.06. The second-order valence-electron chi connectivity index (χ2n) is 7.64. The molecule has 10 heteroatoms. The van der Waals surface area contributed by atoms with Gasteiger partial charge in [-0.2, -0.15) is 0 Å². The summed E-state index contributed by atoms with van der Waals surface area (Å²) in [5, 5.41) is 2.90. The number of hydrogen-bond donors (Lipinski definition) is 4. The van der Waals surface area contributed by atoms with Gasteiger partial charge in [-0.25, -0.2) is 9.97 Å². The Kier molecular flexibility index (Phi) is 6.04. The molecule has 3 aromatic heterocycles. The van der Waals surface area contributed by atoms with Crippen molar-refractivity contribution in [2.24, 2.45) is 5.73 Å². The Bertz CT molecular complexity index is 1140. The molecule has 1 fully saturated rings. The van der Waals surface area contributed by atoms with Gasteiger partial charge in [0, 0.05) is 37.1 Å². The fourth-order valence-corrected chi connectivity index (χ4v) is 3.74. The van der Waals surface area contributed by atoms with Crippen LogP contribution in [0.3, 0.4) is 0 Å². The largest absolute Gasteiger partial charge is 0.493 e. The molecule has 4 rings (SSSR count). The van der Waals surface area contributed by atoms with E-state index in [9.17, 15) is 4.79 Å². The Balaban J connectivity index is 1.62. The van der Waals surface area contributed by atoms with Crippen molar-refractivity contribution >= 4 is 28.8 Å². The highest BCUT2D eigenvalue weighted by Gasteiger charge is 2.21. The first-order valence-electron chi connectivity index (χ1n) is 10.3. The molecule has 32 heavy (non-hydrogen) atoms. The van der Waals surface area contributed by atoms with Crippen LogP contribution in [-0.4, -0.2) is 47.1 Å². The molecule has 0 bridgehead atoms. The van der Waals surface area contributed by atoms with Crippen LogP contribution in [0, 0.1) is 0 Å². The monoisotopic (exact) mass is 434 g/mol. The summed E-state index contributed by atoms with van der Waals surface area (Å²) in [4.78, 5) is 28.0. The maximum Gasteiger partial charge on any atom is 0.276 e. The molecule has 7 N–H and O–H groups in total. The average molecular weight is 435 g/mol. The summed E-state index contributed by atoms with van der Waals surface area (Å²) in [5.41, 5.74) is 21.0. The minimum atomic E-state index is -0.435. The number of nitrogens with zero attached hydrogens (tertiary/aromatic N) is 4. The molecular weight excluding hydrogens is 408 g/mol. The average Bonchev–Trinajstić information content (AvgIpc) is 2.80. The lowest BCUT2D eigenvalue weighted by molar-refractivity contribution is 0.102.